The molecular formula is C10H22ClN5O. The Balaban J connectivity index is 0. The first kappa shape index (κ1) is 18.1. The number of carbonyl (C=O) groups excluding carboxylic acids is 1. The van der Waals surface area contributed by atoms with E-state index in [1.54, 1.807) is 0 Å². The van der Waals surface area contributed by atoms with E-state index >= 15 is 0 Å². The van der Waals surface area contributed by atoms with Gasteiger partial charge in [-0.15, -0.1) is 12.4 Å². The van der Waals surface area contributed by atoms with Gasteiger partial charge in [0.1, 0.15) is 0 Å². The molecule has 0 saturated carbocycles. The molecule has 1 unspecified atom stereocenters. The average molecular weight is 264 g/mol. The van der Waals surface area contributed by atoms with Gasteiger partial charge in [-0.25, -0.2) is 0 Å². The topological polar surface area (TPSA) is 117 Å². The highest BCUT2D eigenvalue weighted by Gasteiger charge is 2.11. The Labute approximate surface area is 108 Å². The van der Waals surface area contributed by atoms with Crippen molar-refractivity contribution in [2.45, 2.75) is 25.8 Å². The van der Waals surface area contributed by atoms with Gasteiger partial charge in [0.05, 0.1) is 6.04 Å². The first-order valence-electron chi connectivity index (χ1n) is 5.19. The molecule has 100 valence electrons. The van der Waals surface area contributed by atoms with Crippen LogP contribution in [0.25, 0.3) is 0 Å². The van der Waals surface area contributed by atoms with E-state index in [1.807, 2.05) is 6.92 Å². The maximum Gasteiger partial charge on any atom is 0.237 e. The van der Waals surface area contributed by atoms with Crippen molar-refractivity contribution in [1.29, 1.82) is 5.41 Å². The molecule has 1 atom stereocenters. The van der Waals surface area contributed by atoms with Crippen molar-refractivity contribution >= 4 is 24.3 Å². The summed E-state index contributed by atoms with van der Waals surface area (Å²) in [6, 6.07) is -0.520. The van der Waals surface area contributed by atoms with Crippen molar-refractivity contribution in [2.75, 3.05) is 13.1 Å². The van der Waals surface area contributed by atoms with Gasteiger partial charge in [0, 0.05) is 13.1 Å². The molecule has 0 bridgehead atoms. The number of hydrogen-bond acceptors (Lipinski definition) is 3. The Bertz CT molecular complexity index is 269. The van der Waals surface area contributed by atoms with Crippen LogP contribution in [0.5, 0.6) is 0 Å². The van der Waals surface area contributed by atoms with E-state index in [1.165, 1.54) is 0 Å². The maximum absolute atomic E-state index is 11.4. The predicted octanol–water partition coefficient (Wildman–Crippen LogP) is -0.309. The first-order valence-corrected chi connectivity index (χ1v) is 5.19. The molecule has 7 N–H and O–H groups in total. The highest BCUT2D eigenvalue weighted by atomic mass is 35.5. The monoisotopic (exact) mass is 263 g/mol. The van der Waals surface area contributed by atoms with Crippen molar-refractivity contribution in [3.63, 3.8) is 0 Å². The lowest BCUT2D eigenvalue weighted by Crippen LogP contribution is -2.41. The molecule has 0 aliphatic heterocycles. The van der Waals surface area contributed by atoms with Crippen molar-refractivity contribution in [1.82, 2.24) is 10.6 Å². The van der Waals surface area contributed by atoms with Gasteiger partial charge in [0.15, 0.2) is 5.96 Å². The van der Waals surface area contributed by atoms with Crippen LogP contribution in [-0.4, -0.2) is 31.0 Å². The molecule has 0 fully saturated rings. The van der Waals surface area contributed by atoms with Crippen molar-refractivity contribution in [2.24, 2.45) is 11.5 Å². The standard InChI is InChI=1S/C10H21N5O.ClH/c1-7(2)6-15-9(16)8(11)4-3-5-14-10(12)13;/h8H,1,3-6,11H2,2H3,(H,15,16)(H4,12,13,14);1H. The van der Waals surface area contributed by atoms with Crippen LogP contribution in [0.2, 0.25) is 0 Å². The third-order valence-corrected chi connectivity index (χ3v) is 1.91. The zero-order valence-corrected chi connectivity index (χ0v) is 10.9. The molecule has 0 aliphatic rings. The number of halogens is 1. The molecule has 0 rings (SSSR count). The van der Waals surface area contributed by atoms with Gasteiger partial charge in [0.25, 0.3) is 0 Å². The van der Waals surface area contributed by atoms with Gasteiger partial charge in [0.2, 0.25) is 5.91 Å². The van der Waals surface area contributed by atoms with Crippen LogP contribution < -0.4 is 22.1 Å². The second-order valence-corrected chi connectivity index (χ2v) is 3.76. The molecule has 0 aromatic carbocycles. The molecule has 7 heteroatoms. The van der Waals surface area contributed by atoms with Gasteiger partial charge in [-0.05, 0) is 19.8 Å². The fraction of sp³-hybridized carbons (Fsp3) is 0.600. The zero-order chi connectivity index (χ0) is 12.6. The number of nitrogens with one attached hydrogen (secondary N) is 3. The summed E-state index contributed by atoms with van der Waals surface area (Å²) in [5.41, 5.74) is 11.7. The van der Waals surface area contributed by atoms with Crippen LogP contribution in [0.1, 0.15) is 19.8 Å². The number of rotatable bonds is 7. The van der Waals surface area contributed by atoms with Crippen molar-refractivity contribution < 1.29 is 4.79 Å². The summed E-state index contributed by atoms with van der Waals surface area (Å²) in [4.78, 5) is 11.4. The molecule has 1 amide bonds. The van der Waals surface area contributed by atoms with Crippen LogP contribution >= 0.6 is 12.4 Å². The highest BCUT2D eigenvalue weighted by molar-refractivity contribution is 5.85. The Morgan fingerprint density at radius 2 is 2.06 bits per heavy atom. The van der Waals surface area contributed by atoms with Crippen LogP contribution in [0.15, 0.2) is 12.2 Å². The SMILES string of the molecule is C=C(C)CNC(=O)C(N)CCCNC(=N)N.Cl. The first-order chi connectivity index (χ1) is 7.43. The molecule has 0 radical (unpaired) electrons. The second kappa shape index (κ2) is 9.92. The molecule has 0 saturated heterocycles. The van der Waals surface area contributed by atoms with Gasteiger partial charge in [-0.3, -0.25) is 10.2 Å². The summed E-state index contributed by atoms with van der Waals surface area (Å²) >= 11 is 0. The second-order valence-electron chi connectivity index (χ2n) is 3.76. The molecule has 17 heavy (non-hydrogen) atoms. The molecule has 0 aromatic rings. The lowest BCUT2D eigenvalue weighted by Gasteiger charge is -2.12. The lowest BCUT2D eigenvalue weighted by molar-refractivity contribution is -0.122. The predicted molar refractivity (Wildman–Crippen MR) is 72.2 cm³/mol. The van der Waals surface area contributed by atoms with Gasteiger partial charge < -0.3 is 22.1 Å². The number of hydrogen-bond donors (Lipinski definition) is 5. The molecule has 0 aromatic heterocycles. The summed E-state index contributed by atoms with van der Waals surface area (Å²) in [6.45, 7) is 6.52. The van der Waals surface area contributed by atoms with E-state index in [9.17, 15) is 4.79 Å². The zero-order valence-electron chi connectivity index (χ0n) is 10.1. The third kappa shape index (κ3) is 11.0. The largest absolute Gasteiger partial charge is 0.370 e. The van der Waals surface area contributed by atoms with E-state index in [4.69, 9.17) is 16.9 Å². The minimum atomic E-state index is -0.520. The Morgan fingerprint density at radius 1 is 1.47 bits per heavy atom. The van der Waals surface area contributed by atoms with Gasteiger partial charge >= 0.3 is 0 Å². The van der Waals surface area contributed by atoms with Crippen molar-refractivity contribution in [3.8, 4) is 0 Å². The molecule has 0 aliphatic carbocycles. The third-order valence-electron chi connectivity index (χ3n) is 1.91. The van der Waals surface area contributed by atoms with Gasteiger partial charge in [-0.2, -0.15) is 0 Å². The van der Waals surface area contributed by atoms with Crippen LogP contribution in [0.3, 0.4) is 0 Å². The Morgan fingerprint density at radius 3 is 2.53 bits per heavy atom. The molecular weight excluding hydrogens is 242 g/mol. The summed E-state index contributed by atoms with van der Waals surface area (Å²) < 4.78 is 0. The number of amides is 1. The van der Waals surface area contributed by atoms with E-state index < -0.39 is 6.04 Å². The summed E-state index contributed by atoms with van der Waals surface area (Å²) in [7, 11) is 0. The van der Waals surface area contributed by atoms with E-state index in [0.717, 1.165) is 5.57 Å². The minimum absolute atomic E-state index is 0. The fourth-order valence-electron chi connectivity index (χ4n) is 1.05. The van der Waals surface area contributed by atoms with E-state index in [-0.39, 0.29) is 24.3 Å². The Hall–Kier alpha value is -1.27. The highest BCUT2D eigenvalue weighted by Crippen LogP contribution is 1.94. The van der Waals surface area contributed by atoms with Crippen LogP contribution in [-0.2, 0) is 4.79 Å². The molecule has 0 spiro atoms. The van der Waals surface area contributed by atoms with E-state index in [2.05, 4.69) is 17.2 Å². The van der Waals surface area contributed by atoms with Crippen LogP contribution in [0, 0.1) is 5.41 Å². The fourth-order valence-corrected chi connectivity index (χ4v) is 1.05. The Kier molecular flexibility index (Phi) is 10.6. The normalized spacial score (nSPS) is 10.9. The van der Waals surface area contributed by atoms with Gasteiger partial charge in [-0.1, -0.05) is 12.2 Å². The summed E-state index contributed by atoms with van der Waals surface area (Å²) in [6.07, 6.45) is 1.25. The lowest BCUT2D eigenvalue weighted by atomic mass is 10.1. The number of nitrogens with two attached hydrogens (primary N) is 2. The quantitative estimate of drug-likeness (QED) is 0.187. The van der Waals surface area contributed by atoms with Crippen molar-refractivity contribution in [3.05, 3.63) is 12.2 Å². The maximum atomic E-state index is 11.4. The molecule has 0 heterocycles. The molecule has 6 nitrogen and oxygen atoms in total. The summed E-state index contributed by atoms with van der Waals surface area (Å²) in [5.74, 6) is -0.244. The number of carbonyl (C=O) groups is 1. The van der Waals surface area contributed by atoms with Crippen LogP contribution in [0.4, 0.5) is 0 Å². The average Bonchev–Trinajstić information content (AvgIpc) is 2.20. The van der Waals surface area contributed by atoms with E-state index in [0.29, 0.717) is 25.9 Å². The smallest absolute Gasteiger partial charge is 0.237 e. The summed E-state index contributed by atoms with van der Waals surface area (Å²) in [5, 5.41) is 12.3. The number of guanidine groups is 1. The minimum Gasteiger partial charge on any atom is -0.370 e.